The highest BCUT2D eigenvalue weighted by molar-refractivity contribution is 6.13. The molecule has 30 heteroatoms. The summed E-state index contributed by atoms with van der Waals surface area (Å²) in [6, 6.07) is 7.78. The van der Waals surface area contributed by atoms with E-state index >= 15 is 0 Å². The quantitative estimate of drug-likeness (QED) is 0.0725. The molecule has 0 saturated carbocycles. The van der Waals surface area contributed by atoms with E-state index in [4.69, 9.17) is 47.4 Å². The highest BCUT2D eigenvalue weighted by atomic mass is 16.8. The van der Waals surface area contributed by atoms with Crippen LogP contribution in [0.5, 0.6) is 0 Å². The van der Waals surface area contributed by atoms with Crippen LogP contribution in [0.3, 0.4) is 0 Å². The summed E-state index contributed by atoms with van der Waals surface area (Å²) in [7, 11) is 1.57. The van der Waals surface area contributed by atoms with Gasteiger partial charge in [-0.05, 0) is 67.6 Å². The molecule has 582 valence electrons. The monoisotopic (exact) mass is 1480 g/mol. The Morgan fingerprint density at radius 1 is 0.642 bits per heavy atom. The van der Waals surface area contributed by atoms with Gasteiger partial charge in [-0.25, -0.2) is 0 Å². The molecule has 1 aromatic rings. The van der Waals surface area contributed by atoms with Crippen LogP contribution in [-0.2, 0) is 96.9 Å². The SMILES string of the molecule is C=C1C[C@@H]2CC[C@@]34C[C@H]5OC6C(O[C@H]7CC[C@H](CC(=O)C[C@@H]8[C@@H](OC)[C@@H](C[C@H](O)CNC(=O)CNC(=O)[C@H](Cc9ccccc9)NC(=O)CNC(=O)CNC(=O)CN9CCN%10CCOCCN(CC9)CCN(C(=O)CCN9C(=O)C=CC9=O)CC%10)O[C@H]8C[C@H]8O[C@@H](CC[C@@H]1O2)C[C@@H](C)C8=C)O[C@@H]7[C@@H]6O3)[C@H]5O4. The van der Waals surface area contributed by atoms with Gasteiger partial charge in [0.2, 0.25) is 35.4 Å². The first-order valence-electron chi connectivity index (χ1n) is 38.5. The molecular formula is C76H108N10O20. The van der Waals surface area contributed by atoms with Crippen molar-refractivity contribution in [2.24, 2.45) is 11.8 Å². The predicted molar refractivity (Wildman–Crippen MR) is 379 cm³/mol. The summed E-state index contributed by atoms with van der Waals surface area (Å²) < 4.78 is 66.9. The summed E-state index contributed by atoms with van der Waals surface area (Å²) in [5, 5.41) is 24.9. The summed E-state index contributed by atoms with van der Waals surface area (Å²) in [6.07, 6.45) is 3.29. The molecule has 22 atom stereocenters. The highest BCUT2D eigenvalue weighted by Gasteiger charge is 2.69. The molecule has 14 bridgehead atoms. The molecule has 14 aliphatic heterocycles. The number of fused-ring (bicyclic) bond motifs is 18. The van der Waals surface area contributed by atoms with Crippen LogP contribution in [-0.4, -0.2) is 317 Å². The van der Waals surface area contributed by atoms with E-state index in [1.54, 1.807) is 36.3 Å². The minimum atomic E-state index is -1.17. The fraction of sp³-hybridized carbons (Fsp3) is 0.724. The minimum Gasteiger partial charge on any atom is -0.391 e. The van der Waals surface area contributed by atoms with Gasteiger partial charge in [0, 0.05) is 155 Å². The van der Waals surface area contributed by atoms with Gasteiger partial charge in [0.05, 0.1) is 107 Å². The lowest BCUT2D eigenvalue weighted by molar-refractivity contribution is -0.292. The number of carbonyl (C=O) groups excluding carboxylic acids is 9. The highest BCUT2D eigenvalue weighted by Crippen LogP contribution is 2.55. The molecule has 6 N–H and O–H groups in total. The molecule has 0 aliphatic carbocycles. The molecule has 4 unspecified atom stereocenters. The third-order valence-electron chi connectivity index (χ3n) is 23.6. The number of amides is 8. The van der Waals surface area contributed by atoms with Gasteiger partial charge in [-0.2, -0.15) is 0 Å². The number of Topliss-reactive ketones (excluding diaryl/α,β-unsaturated/α-hetero) is 1. The Morgan fingerprint density at radius 3 is 2.06 bits per heavy atom. The lowest BCUT2D eigenvalue weighted by atomic mass is 9.81. The second kappa shape index (κ2) is 35.5. The lowest BCUT2D eigenvalue weighted by Gasteiger charge is -2.47. The number of ketones is 1. The van der Waals surface area contributed by atoms with Crippen molar-refractivity contribution in [2.45, 2.75) is 213 Å². The first kappa shape index (κ1) is 77.7. The van der Waals surface area contributed by atoms with Crippen molar-refractivity contribution < 1.29 is 95.6 Å². The van der Waals surface area contributed by atoms with Crippen LogP contribution in [0.1, 0.15) is 102 Å². The molecule has 30 nitrogen and oxygen atoms in total. The molecule has 13 saturated heterocycles. The number of aliphatic hydroxyl groups is 1. The molecule has 14 aliphatic rings. The molecular weight excluding hydrogens is 1370 g/mol. The van der Waals surface area contributed by atoms with Gasteiger partial charge in [0.15, 0.2) is 5.79 Å². The Bertz CT molecular complexity index is 3350. The Morgan fingerprint density at radius 2 is 1.30 bits per heavy atom. The summed E-state index contributed by atoms with van der Waals surface area (Å²) in [6.45, 7) is 15.7. The van der Waals surface area contributed by atoms with E-state index in [9.17, 15) is 48.3 Å². The van der Waals surface area contributed by atoms with Gasteiger partial charge >= 0.3 is 0 Å². The number of hydrogen-bond acceptors (Lipinski definition) is 23. The summed E-state index contributed by atoms with van der Waals surface area (Å²) in [5.41, 5.74) is 2.73. The van der Waals surface area contributed by atoms with Gasteiger partial charge < -0.3 is 84.0 Å². The fourth-order valence-electron chi connectivity index (χ4n) is 17.7. The van der Waals surface area contributed by atoms with Crippen molar-refractivity contribution in [3.05, 3.63) is 72.4 Å². The average molecular weight is 1480 g/mol. The van der Waals surface area contributed by atoms with Gasteiger partial charge in [-0.15, -0.1) is 0 Å². The van der Waals surface area contributed by atoms with Crippen molar-refractivity contribution in [3.63, 3.8) is 0 Å². The Hall–Kier alpha value is -6.49. The van der Waals surface area contributed by atoms with Crippen LogP contribution in [0.15, 0.2) is 66.8 Å². The number of nitrogens with zero attached hydrogens (tertiary/aromatic N) is 5. The van der Waals surface area contributed by atoms with E-state index in [0.29, 0.717) is 116 Å². The number of rotatable bonds is 20. The van der Waals surface area contributed by atoms with Crippen molar-refractivity contribution >= 4 is 53.0 Å². The maximum atomic E-state index is 14.6. The number of benzene rings is 1. The van der Waals surface area contributed by atoms with E-state index in [1.807, 2.05) is 11.0 Å². The fourth-order valence-corrected chi connectivity index (χ4v) is 17.7. The molecule has 8 amide bonds. The van der Waals surface area contributed by atoms with Gasteiger partial charge in [0.25, 0.3) is 11.8 Å². The summed E-state index contributed by atoms with van der Waals surface area (Å²) in [4.78, 5) is 129. The third kappa shape index (κ3) is 19.4. The second-order valence-electron chi connectivity index (χ2n) is 30.9. The maximum Gasteiger partial charge on any atom is 0.253 e. The molecule has 0 radical (unpaired) electrons. The number of imide groups is 1. The van der Waals surface area contributed by atoms with Gasteiger partial charge in [-0.1, -0.05) is 50.4 Å². The Balaban J connectivity index is 0.577. The zero-order chi connectivity index (χ0) is 74.2. The van der Waals surface area contributed by atoms with E-state index in [-0.39, 0.29) is 124 Å². The molecule has 106 heavy (non-hydrogen) atoms. The number of hydrogen-bond donors (Lipinski definition) is 6. The average Bonchev–Trinajstić information content (AvgIpc) is 1.55. The molecule has 0 aromatic heterocycles. The maximum absolute atomic E-state index is 14.6. The van der Waals surface area contributed by atoms with Crippen LogP contribution in [0.2, 0.25) is 0 Å². The largest absolute Gasteiger partial charge is 0.391 e. The topological polar surface area (TPSA) is 343 Å². The first-order valence-corrected chi connectivity index (χ1v) is 38.5. The molecule has 14 heterocycles. The van der Waals surface area contributed by atoms with Crippen LogP contribution in [0, 0.1) is 11.8 Å². The molecule has 13 fully saturated rings. The van der Waals surface area contributed by atoms with Crippen molar-refractivity contribution in [1.29, 1.82) is 0 Å². The second-order valence-corrected chi connectivity index (χ2v) is 30.9. The number of nitrogens with one attached hydrogen (secondary N) is 5. The zero-order valence-corrected chi connectivity index (χ0v) is 61.2. The number of aliphatic hydroxyl groups excluding tert-OH is 1. The van der Waals surface area contributed by atoms with Crippen LogP contribution in [0.25, 0.3) is 0 Å². The van der Waals surface area contributed by atoms with Crippen LogP contribution >= 0.6 is 0 Å². The summed E-state index contributed by atoms with van der Waals surface area (Å²) in [5.74, 6) is -5.21. The van der Waals surface area contributed by atoms with Gasteiger partial charge in [-0.3, -0.25) is 62.8 Å². The molecule has 1 aromatic carbocycles. The Labute approximate surface area is 619 Å². The van der Waals surface area contributed by atoms with Crippen LogP contribution in [0.4, 0.5) is 0 Å². The number of ether oxygens (including phenoxy) is 10. The van der Waals surface area contributed by atoms with Gasteiger partial charge in [0.1, 0.15) is 42.3 Å². The molecule has 1 spiro atoms. The van der Waals surface area contributed by atoms with E-state index < -0.39 is 121 Å². The zero-order valence-electron chi connectivity index (χ0n) is 61.2. The third-order valence-corrected chi connectivity index (χ3v) is 23.6. The van der Waals surface area contributed by atoms with Crippen molar-refractivity contribution in [3.8, 4) is 0 Å². The summed E-state index contributed by atoms with van der Waals surface area (Å²) >= 11 is 0. The van der Waals surface area contributed by atoms with E-state index in [1.165, 1.54) is 12.2 Å². The predicted octanol–water partition coefficient (Wildman–Crippen LogP) is -0.235. The smallest absolute Gasteiger partial charge is 0.253 e. The van der Waals surface area contributed by atoms with Crippen LogP contribution < -0.4 is 26.6 Å². The minimum absolute atomic E-state index is 0.00284. The van der Waals surface area contributed by atoms with Crippen molar-refractivity contribution in [1.82, 2.24) is 51.1 Å². The standard InChI is InChI=1S/C76H108N10O20/c1-45-32-51-10-12-56-46(2)33-53(99-56)16-18-76-39-61-71(105-76)72-73(104-61)74(106-76)70-57(103-72)13-11-52(101-70)35-49(87)36-54-59(38-58(100-51)47(45)3)102-60(69(54)97-4)37-50(88)40-77-63(90)42-80-75(96)55(34-48-8-6-5-7-9-48)81-64(91)43-78-62(89)41-79-65(92)44-84-22-20-82-24-26-85(27-25-83(21-23-84)29-31-98-30-28-82)66(93)17-19-86-67(94)14-15-68(86)95/h5-9,14-15,45,50-61,69-74,88H,2-3,10-13,16-44H2,1,4H3,(H,77,90)(H,78,89)(H,79,92)(H,80,96)(H,81,91)/t45-,50+,51+,52-,53+,54+,55+,56+,57+,58-,59+,60-,61-,69-,70+,71+,72?,73?,74+,76+/m1/s1. The lowest BCUT2D eigenvalue weighted by Crippen LogP contribution is -2.61. The van der Waals surface area contributed by atoms with E-state index in [0.717, 1.165) is 48.2 Å². The Kier molecular flexibility index (Phi) is 26.0. The number of methoxy groups -OCH3 is 1. The normalized spacial score (nSPS) is 36.2. The number of carbonyl (C=O) groups is 9. The molecule has 15 rings (SSSR count). The first-order chi connectivity index (χ1) is 51.2. The van der Waals surface area contributed by atoms with E-state index in [2.05, 4.69) is 56.5 Å². The van der Waals surface area contributed by atoms with Crippen molar-refractivity contribution in [2.75, 3.05) is 125 Å².